The second-order valence-electron chi connectivity index (χ2n) is 10.7. The number of aliphatic hydroxyl groups is 1. The second-order valence-corrected chi connectivity index (χ2v) is 10.7. The number of hydrogen-bond acceptors (Lipinski definition) is 5. The van der Waals surface area contributed by atoms with Crippen molar-refractivity contribution >= 4 is 17.7 Å². The highest BCUT2D eigenvalue weighted by atomic mass is 19.1. The van der Waals surface area contributed by atoms with Gasteiger partial charge in [-0.1, -0.05) is 80.9 Å². The predicted molar refractivity (Wildman–Crippen MR) is 159 cm³/mol. The van der Waals surface area contributed by atoms with Crippen LogP contribution in [0.4, 0.5) is 4.39 Å². The molecule has 3 aromatic carbocycles. The van der Waals surface area contributed by atoms with E-state index in [0.717, 1.165) is 29.3 Å². The third kappa shape index (κ3) is 9.69. The van der Waals surface area contributed by atoms with Gasteiger partial charge >= 0.3 is 0 Å². The van der Waals surface area contributed by atoms with Gasteiger partial charge in [0.1, 0.15) is 17.6 Å². The van der Waals surface area contributed by atoms with E-state index < -0.39 is 36.0 Å². The molecule has 5 atom stereocenters. The Bertz CT molecular complexity index is 1320. The van der Waals surface area contributed by atoms with Crippen molar-refractivity contribution in [1.82, 2.24) is 16.0 Å². The molecular weight excluding hydrogens is 537 g/mol. The molecule has 0 aliphatic heterocycles. The number of phenols is 1. The molecule has 0 aliphatic carbocycles. The molecule has 0 unspecified atom stereocenters. The highest BCUT2D eigenvalue weighted by Gasteiger charge is 2.30. The van der Waals surface area contributed by atoms with E-state index in [1.807, 2.05) is 74.5 Å². The van der Waals surface area contributed by atoms with Crippen LogP contribution in [-0.2, 0) is 22.4 Å². The summed E-state index contributed by atoms with van der Waals surface area (Å²) in [5.41, 5.74) is 1.53. The van der Waals surface area contributed by atoms with Gasteiger partial charge in [0.25, 0.3) is 5.91 Å². The molecule has 0 bridgehead atoms. The van der Waals surface area contributed by atoms with Crippen LogP contribution in [0.25, 0.3) is 0 Å². The number of halogens is 1. The van der Waals surface area contributed by atoms with Crippen molar-refractivity contribution in [3.63, 3.8) is 0 Å². The zero-order valence-corrected chi connectivity index (χ0v) is 24.2. The number of benzene rings is 3. The molecule has 3 aromatic rings. The van der Waals surface area contributed by atoms with Gasteiger partial charge < -0.3 is 26.2 Å². The van der Waals surface area contributed by atoms with E-state index in [1.54, 1.807) is 0 Å². The van der Waals surface area contributed by atoms with Crippen LogP contribution >= 0.6 is 0 Å². The highest BCUT2D eigenvalue weighted by molar-refractivity contribution is 5.97. The van der Waals surface area contributed by atoms with Crippen LogP contribution in [0.2, 0.25) is 0 Å². The van der Waals surface area contributed by atoms with Crippen molar-refractivity contribution in [2.45, 2.75) is 70.7 Å². The molecule has 0 aliphatic rings. The maximum Gasteiger partial charge on any atom is 0.255 e. The van der Waals surface area contributed by atoms with E-state index in [4.69, 9.17) is 0 Å². The molecule has 8 nitrogen and oxygen atoms in total. The van der Waals surface area contributed by atoms with Crippen LogP contribution in [0, 0.1) is 11.7 Å². The predicted octanol–water partition coefficient (Wildman–Crippen LogP) is 3.90. The molecule has 5 N–H and O–H groups in total. The lowest BCUT2D eigenvalue weighted by molar-refractivity contribution is -0.130. The monoisotopic (exact) mass is 577 g/mol. The maximum absolute atomic E-state index is 13.9. The first-order chi connectivity index (χ1) is 20.1. The molecule has 3 amide bonds. The van der Waals surface area contributed by atoms with E-state index in [2.05, 4.69) is 16.0 Å². The molecule has 0 heterocycles. The zero-order valence-electron chi connectivity index (χ0n) is 24.2. The summed E-state index contributed by atoms with van der Waals surface area (Å²) in [5.74, 6) is -2.61. The fourth-order valence-electron chi connectivity index (χ4n) is 4.85. The molecule has 0 spiro atoms. The zero-order chi connectivity index (χ0) is 30.6. The highest BCUT2D eigenvalue weighted by Crippen LogP contribution is 2.20. The number of hydrogen-bond donors (Lipinski definition) is 5. The largest absolute Gasteiger partial charge is 0.507 e. The Hall–Kier alpha value is -4.24. The number of nitrogens with one attached hydrogen (secondary N) is 3. The average Bonchev–Trinajstić information content (AvgIpc) is 2.97. The van der Waals surface area contributed by atoms with Gasteiger partial charge in [0.05, 0.1) is 17.7 Å². The summed E-state index contributed by atoms with van der Waals surface area (Å²) in [5, 5.41) is 30.2. The standard InChI is InChI=1S/C33H40FN3O5/c1-4-21(2)31(35-22(3)38)33(42)36-26(17-23-11-7-5-8-12-23)20-30(40)28(18-24-13-9-6-10-14-24)37-32(41)27-19-25(34)15-16-29(27)39/h5-16,19,21,26,28,30-31,39-40H,4,17-18,20H2,1-3H3,(H,35,38)(H,36,42)(H,37,41)/t21-,26+,28+,30+,31+/m1/s1. The van der Waals surface area contributed by atoms with Crippen LogP contribution in [-0.4, -0.2) is 52.2 Å². The van der Waals surface area contributed by atoms with Crippen molar-refractivity contribution in [2.24, 2.45) is 5.92 Å². The summed E-state index contributed by atoms with van der Waals surface area (Å²) >= 11 is 0. The molecule has 0 saturated heterocycles. The molecule has 224 valence electrons. The fraction of sp³-hybridized carbons (Fsp3) is 0.364. The third-order valence-corrected chi connectivity index (χ3v) is 7.33. The fourth-order valence-corrected chi connectivity index (χ4v) is 4.85. The number of aromatic hydroxyl groups is 1. The van der Waals surface area contributed by atoms with E-state index in [-0.39, 0.29) is 41.9 Å². The number of carbonyl (C=O) groups is 3. The van der Waals surface area contributed by atoms with E-state index in [9.17, 15) is 29.0 Å². The first kappa shape index (κ1) is 32.3. The maximum atomic E-state index is 13.9. The van der Waals surface area contributed by atoms with Crippen molar-refractivity contribution in [3.05, 3.63) is 101 Å². The summed E-state index contributed by atoms with van der Waals surface area (Å²) in [6.07, 6.45) is 0.246. The lowest BCUT2D eigenvalue weighted by atomic mass is 9.92. The first-order valence-corrected chi connectivity index (χ1v) is 14.2. The number of aliphatic hydroxyl groups excluding tert-OH is 1. The number of phenolic OH excluding ortho intramolecular Hbond substituents is 1. The number of carbonyl (C=O) groups excluding carboxylic acids is 3. The number of rotatable bonds is 14. The summed E-state index contributed by atoms with van der Waals surface area (Å²) < 4.78 is 13.9. The van der Waals surface area contributed by atoms with Crippen LogP contribution in [0.5, 0.6) is 5.75 Å². The molecule has 42 heavy (non-hydrogen) atoms. The molecule has 0 radical (unpaired) electrons. The minimum Gasteiger partial charge on any atom is -0.507 e. The SMILES string of the molecule is CC[C@@H](C)[C@H](NC(C)=O)C(=O)N[C@@H](Cc1ccccc1)C[C@H](O)[C@H](Cc1ccccc1)NC(=O)c1cc(F)ccc1O. The Morgan fingerprint density at radius 2 is 1.45 bits per heavy atom. The van der Waals surface area contributed by atoms with Gasteiger partial charge in [0.15, 0.2) is 0 Å². The van der Waals surface area contributed by atoms with Crippen LogP contribution in [0.1, 0.15) is 55.1 Å². The quantitative estimate of drug-likeness (QED) is 0.199. The van der Waals surface area contributed by atoms with Crippen LogP contribution in [0.15, 0.2) is 78.9 Å². The minimum atomic E-state index is -1.14. The minimum absolute atomic E-state index is 0.0703. The summed E-state index contributed by atoms with van der Waals surface area (Å²) in [6, 6.07) is 19.7. The Balaban J connectivity index is 1.87. The molecule has 0 fully saturated rings. The van der Waals surface area contributed by atoms with Gasteiger partial charge in [-0.15, -0.1) is 0 Å². The van der Waals surface area contributed by atoms with Gasteiger partial charge in [-0.05, 0) is 54.5 Å². The molecule has 0 saturated carbocycles. The normalized spacial score (nSPS) is 14.6. The lowest BCUT2D eigenvalue weighted by Crippen LogP contribution is -2.54. The topological polar surface area (TPSA) is 128 Å². The van der Waals surface area contributed by atoms with E-state index in [0.29, 0.717) is 12.8 Å². The van der Waals surface area contributed by atoms with Gasteiger partial charge in [0, 0.05) is 13.0 Å². The second kappa shape index (κ2) is 15.7. The van der Waals surface area contributed by atoms with Crippen molar-refractivity contribution < 1.29 is 29.0 Å². The van der Waals surface area contributed by atoms with Gasteiger partial charge in [-0.2, -0.15) is 0 Å². The van der Waals surface area contributed by atoms with Crippen molar-refractivity contribution in [3.8, 4) is 5.75 Å². The Labute approximate surface area is 246 Å². The lowest BCUT2D eigenvalue weighted by Gasteiger charge is -2.30. The van der Waals surface area contributed by atoms with Crippen molar-refractivity contribution in [2.75, 3.05) is 0 Å². The Kier molecular flexibility index (Phi) is 12.0. The smallest absolute Gasteiger partial charge is 0.255 e. The van der Waals surface area contributed by atoms with Gasteiger partial charge in [-0.3, -0.25) is 14.4 Å². The number of amides is 3. The average molecular weight is 578 g/mol. The summed E-state index contributed by atoms with van der Waals surface area (Å²) in [7, 11) is 0. The molecule has 0 aromatic heterocycles. The molecule has 9 heteroatoms. The van der Waals surface area contributed by atoms with E-state index >= 15 is 0 Å². The van der Waals surface area contributed by atoms with Crippen LogP contribution < -0.4 is 16.0 Å². The molecular formula is C33H40FN3O5. The Morgan fingerprint density at radius 1 is 0.857 bits per heavy atom. The Morgan fingerprint density at radius 3 is 2.02 bits per heavy atom. The third-order valence-electron chi connectivity index (χ3n) is 7.33. The van der Waals surface area contributed by atoms with Gasteiger partial charge in [-0.25, -0.2) is 4.39 Å². The summed E-state index contributed by atoms with van der Waals surface area (Å²) in [4.78, 5) is 38.4. The van der Waals surface area contributed by atoms with E-state index in [1.165, 1.54) is 6.92 Å². The van der Waals surface area contributed by atoms with Crippen molar-refractivity contribution in [1.29, 1.82) is 0 Å². The summed E-state index contributed by atoms with van der Waals surface area (Å²) in [6.45, 7) is 5.18. The molecule has 3 rings (SSSR count). The first-order valence-electron chi connectivity index (χ1n) is 14.2. The van der Waals surface area contributed by atoms with Gasteiger partial charge in [0.2, 0.25) is 11.8 Å². The van der Waals surface area contributed by atoms with Crippen LogP contribution in [0.3, 0.4) is 0 Å².